The average molecular weight is 274 g/mol. The van der Waals surface area contributed by atoms with Crippen LogP contribution in [0.1, 0.15) is 13.3 Å². The Morgan fingerprint density at radius 2 is 1.90 bits per heavy atom. The predicted molar refractivity (Wildman–Crippen MR) is 72.7 cm³/mol. The molecule has 0 saturated heterocycles. The van der Waals surface area contributed by atoms with Crippen LogP contribution in [-0.2, 0) is 6.54 Å². The number of ether oxygens (including phenoxy) is 2. The normalized spacial score (nSPS) is 12.7. The molecule has 6 heteroatoms. The molecule has 0 N–H and O–H groups in total. The van der Waals surface area contributed by atoms with Gasteiger partial charge >= 0.3 is 11.1 Å². The second kappa shape index (κ2) is 4.88. The summed E-state index contributed by atoms with van der Waals surface area (Å²) in [4.78, 5) is 24.1. The van der Waals surface area contributed by atoms with Crippen molar-refractivity contribution in [2.75, 3.05) is 6.79 Å². The Balaban J connectivity index is 2.09. The minimum absolute atomic E-state index is 0.172. The molecule has 1 aliphatic heterocycles. The lowest BCUT2D eigenvalue weighted by molar-refractivity contribution is 0.174. The highest BCUT2D eigenvalue weighted by Gasteiger charge is 2.15. The summed E-state index contributed by atoms with van der Waals surface area (Å²) in [6, 6.07) is 5.13. The highest BCUT2D eigenvalue weighted by Crippen LogP contribution is 2.33. The van der Waals surface area contributed by atoms with Crippen molar-refractivity contribution >= 4 is 0 Å². The molecule has 0 atom stereocenters. The predicted octanol–water partition coefficient (Wildman–Crippen LogP) is 1.14. The van der Waals surface area contributed by atoms with E-state index in [-0.39, 0.29) is 6.79 Å². The summed E-state index contributed by atoms with van der Waals surface area (Å²) in [6.45, 7) is 2.66. The number of aryl methyl sites for hydroxylation is 1. The van der Waals surface area contributed by atoms with Gasteiger partial charge in [-0.1, -0.05) is 6.92 Å². The summed E-state index contributed by atoms with van der Waals surface area (Å²) >= 11 is 0. The van der Waals surface area contributed by atoms with Crippen LogP contribution in [-0.4, -0.2) is 15.9 Å². The first-order valence-corrected chi connectivity index (χ1v) is 6.43. The van der Waals surface area contributed by atoms with Crippen LogP contribution in [0.5, 0.6) is 11.5 Å². The van der Waals surface area contributed by atoms with Gasteiger partial charge in [0.25, 0.3) is 0 Å². The van der Waals surface area contributed by atoms with E-state index in [1.54, 1.807) is 30.6 Å². The van der Waals surface area contributed by atoms with Crippen molar-refractivity contribution in [1.82, 2.24) is 9.13 Å². The van der Waals surface area contributed by atoms with Crippen LogP contribution in [0.25, 0.3) is 5.69 Å². The highest BCUT2D eigenvalue weighted by molar-refractivity contribution is 5.49. The van der Waals surface area contributed by atoms with Crippen LogP contribution in [0.4, 0.5) is 0 Å². The smallest absolute Gasteiger partial charge is 0.320 e. The number of hydrogen-bond donors (Lipinski definition) is 0. The molecule has 3 rings (SSSR count). The Kier molecular flexibility index (Phi) is 3.06. The van der Waals surface area contributed by atoms with Crippen molar-refractivity contribution < 1.29 is 9.47 Å². The fourth-order valence-electron chi connectivity index (χ4n) is 2.16. The van der Waals surface area contributed by atoms with Gasteiger partial charge in [-0.2, -0.15) is 0 Å². The van der Waals surface area contributed by atoms with Crippen LogP contribution in [0, 0.1) is 0 Å². The summed E-state index contributed by atoms with van der Waals surface area (Å²) in [6.07, 6.45) is 4.02. The van der Waals surface area contributed by atoms with E-state index in [2.05, 4.69) is 0 Å². The van der Waals surface area contributed by atoms with Gasteiger partial charge in [0.05, 0.1) is 5.69 Å². The summed E-state index contributed by atoms with van der Waals surface area (Å²) in [5.74, 6) is 1.22. The van der Waals surface area contributed by atoms with E-state index < -0.39 is 11.1 Å². The van der Waals surface area contributed by atoms with E-state index in [9.17, 15) is 9.59 Å². The molecule has 0 bridgehead atoms. The zero-order valence-electron chi connectivity index (χ0n) is 11.0. The third kappa shape index (κ3) is 1.99. The second-order valence-electron chi connectivity index (χ2n) is 4.51. The quantitative estimate of drug-likeness (QED) is 0.787. The molecule has 2 aromatic rings. The molecule has 0 saturated carbocycles. The molecule has 2 heterocycles. The molecule has 6 nitrogen and oxygen atoms in total. The molecular formula is C14H14N2O4. The van der Waals surface area contributed by atoms with Gasteiger partial charge in [-0.15, -0.1) is 0 Å². The molecule has 104 valence electrons. The first kappa shape index (κ1) is 12.5. The number of nitrogens with zero attached hydrogens (tertiary/aromatic N) is 2. The van der Waals surface area contributed by atoms with Crippen LogP contribution < -0.4 is 20.6 Å². The van der Waals surface area contributed by atoms with Gasteiger partial charge in [-0.3, -0.25) is 14.2 Å². The third-order valence-corrected chi connectivity index (χ3v) is 3.16. The number of rotatable bonds is 3. The Morgan fingerprint density at radius 3 is 2.70 bits per heavy atom. The summed E-state index contributed by atoms with van der Waals surface area (Å²) < 4.78 is 13.2. The van der Waals surface area contributed by atoms with Crippen LogP contribution in [0.2, 0.25) is 0 Å². The van der Waals surface area contributed by atoms with Gasteiger partial charge < -0.3 is 14.0 Å². The SMILES string of the molecule is CCCn1ccn(-c2ccc3c(c2)OCO3)c(=O)c1=O. The standard InChI is InChI=1S/C14H14N2O4/c1-2-5-15-6-7-16(14(18)13(15)17)10-3-4-11-12(8-10)20-9-19-11/h3-4,6-8H,2,5,9H2,1H3. The van der Waals surface area contributed by atoms with Gasteiger partial charge in [-0.25, -0.2) is 0 Å². The molecule has 20 heavy (non-hydrogen) atoms. The lowest BCUT2D eigenvalue weighted by Crippen LogP contribution is -2.39. The van der Waals surface area contributed by atoms with Crippen LogP contribution >= 0.6 is 0 Å². The van der Waals surface area contributed by atoms with Gasteiger partial charge in [0.1, 0.15) is 0 Å². The lowest BCUT2D eigenvalue weighted by atomic mass is 10.2. The van der Waals surface area contributed by atoms with Crippen LogP contribution in [0.15, 0.2) is 40.2 Å². The van der Waals surface area contributed by atoms with E-state index in [4.69, 9.17) is 9.47 Å². The molecule has 1 aromatic heterocycles. The third-order valence-electron chi connectivity index (χ3n) is 3.16. The van der Waals surface area contributed by atoms with E-state index in [1.165, 1.54) is 9.13 Å². The van der Waals surface area contributed by atoms with Crippen molar-refractivity contribution in [2.24, 2.45) is 0 Å². The Morgan fingerprint density at radius 1 is 1.10 bits per heavy atom. The van der Waals surface area contributed by atoms with Gasteiger partial charge in [0.2, 0.25) is 6.79 Å². The number of benzene rings is 1. The molecule has 0 radical (unpaired) electrons. The molecule has 0 aliphatic carbocycles. The van der Waals surface area contributed by atoms with Gasteiger partial charge in [0.15, 0.2) is 11.5 Å². The molecule has 1 aliphatic rings. The minimum atomic E-state index is -0.570. The number of fused-ring (bicyclic) bond motifs is 1. The number of aromatic nitrogens is 2. The van der Waals surface area contributed by atoms with E-state index >= 15 is 0 Å². The second-order valence-corrected chi connectivity index (χ2v) is 4.51. The summed E-state index contributed by atoms with van der Waals surface area (Å²) in [7, 11) is 0. The maximum atomic E-state index is 12.1. The van der Waals surface area contributed by atoms with Crippen molar-refractivity contribution in [2.45, 2.75) is 19.9 Å². The molecule has 0 amide bonds. The van der Waals surface area contributed by atoms with Gasteiger partial charge in [0, 0.05) is 25.0 Å². The summed E-state index contributed by atoms with van der Waals surface area (Å²) in [5, 5.41) is 0. The van der Waals surface area contributed by atoms with Crippen molar-refractivity contribution in [3.8, 4) is 17.2 Å². The minimum Gasteiger partial charge on any atom is -0.454 e. The molecule has 0 spiro atoms. The van der Waals surface area contributed by atoms with Gasteiger partial charge in [-0.05, 0) is 18.6 Å². The maximum Gasteiger partial charge on any atom is 0.320 e. The Labute approximate surface area is 114 Å². The zero-order chi connectivity index (χ0) is 14.1. The zero-order valence-corrected chi connectivity index (χ0v) is 11.0. The van der Waals surface area contributed by atoms with Crippen molar-refractivity contribution in [3.05, 3.63) is 51.3 Å². The summed E-state index contributed by atoms with van der Waals surface area (Å²) in [5.41, 5.74) is -0.508. The fourth-order valence-corrected chi connectivity index (χ4v) is 2.16. The Bertz CT molecular complexity index is 760. The topological polar surface area (TPSA) is 62.5 Å². The maximum absolute atomic E-state index is 12.1. The Hall–Kier alpha value is -2.50. The van der Waals surface area contributed by atoms with E-state index in [1.807, 2.05) is 6.92 Å². The molecule has 0 unspecified atom stereocenters. The van der Waals surface area contributed by atoms with E-state index in [0.29, 0.717) is 23.7 Å². The lowest BCUT2D eigenvalue weighted by Gasteiger charge is -2.08. The largest absolute Gasteiger partial charge is 0.454 e. The monoisotopic (exact) mass is 274 g/mol. The highest BCUT2D eigenvalue weighted by atomic mass is 16.7. The first-order chi connectivity index (χ1) is 9.70. The fraction of sp³-hybridized carbons (Fsp3) is 0.286. The first-order valence-electron chi connectivity index (χ1n) is 6.43. The molecule has 0 fully saturated rings. The average Bonchev–Trinajstić information content (AvgIpc) is 2.91. The van der Waals surface area contributed by atoms with Crippen LogP contribution in [0.3, 0.4) is 0 Å². The van der Waals surface area contributed by atoms with E-state index in [0.717, 1.165) is 6.42 Å². The molecular weight excluding hydrogens is 260 g/mol. The molecule has 1 aromatic carbocycles. The number of hydrogen-bond acceptors (Lipinski definition) is 4. The van der Waals surface area contributed by atoms with Crippen molar-refractivity contribution in [3.63, 3.8) is 0 Å². The van der Waals surface area contributed by atoms with Crippen molar-refractivity contribution in [1.29, 1.82) is 0 Å².